The van der Waals surface area contributed by atoms with E-state index >= 15 is 0 Å². The maximum absolute atomic E-state index is 13.5. The molecule has 0 bridgehead atoms. The Morgan fingerprint density at radius 2 is 1.48 bits per heavy atom. The smallest absolute Gasteiger partial charge is 0.264 e. The maximum atomic E-state index is 13.5. The standard InChI is InChI=1S/C25H28N2O5S/c1-3-31-21-16-14-20(15-17-21)18-26-25(28)19-27(23-12-8-9-13-24(23)32-4-2)33(29,30)22-10-6-5-7-11-22/h5-17H,3-4,18-19H2,1-2H3,(H,26,28). The summed E-state index contributed by atoms with van der Waals surface area (Å²) in [4.78, 5) is 12.9. The molecule has 33 heavy (non-hydrogen) atoms. The molecule has 7 nitrogen and oxygen atoms in total. The number of amides is 1. The van der Waals surface area contributed by atoms with E-state index in [1.165, 1.54) is 12.1 Å². The van der Waals surface area contributed by atoms with Gasteiger partial charge in [-0.25, -0.2) is 8.42 Å². The van der Waals surface area contributed by atoms with Gasteiger partial charge in [0.2, 0.25) is 5.91 Å². The summed E-state index contributed by atoms with van der Waals surface area (Å²) in [6.07, 6.45) is 0. The van der Waals surface area contributed by atoms with Crippen LogP contribution in [0.1, 0.15) is 19.4 Å². The van der Waals surface area contributed by atoms with Gasteiger partial charge in [-0.3, -0.25) is 9.10 Å². The van der Waals surface area contributed by atoms with E-state index in [0.29, 0.717) is 24.7 Å². The van der Waals surface area contributed by atoms with Crippen LogP contribution in [-0.2, 0) is 21.4 Å². The molecule has 8 heteroatoms. The van der Waals surface area contributed by atoms with Crippen molar-refractivity contribution in [2.24, 2.45) is 0 Å². The molecule has 0 atom stereocenters. The molecule has 0 heterocycles. The van der Waals surface area contributed by atoms with E-state index in [4.69, 9.17) is 9.47 Å². The van der Waals surface area contributed by atoms with Crippen molar-refractivity contribution >= 4 is 21.6 Å². The van der Waals surface area contributed by atoms with Crippen molar-refractivity contribution in [2.45, 2.75) is 25.3 Å². The van der Waals surface area contributed by atoms with E-state index in [-0.39, 0.29) is 11.4 Å². The fourth-order valence-corrected chi connectivity index (χ4v) is 4.67. The van der Waals surface area contributed by atoms with Gasteiger partial charge in [-0.1, -0.05) is 42.5 Å². The highest BCUT2D eigenvalue weighted by Gasteiger charge is 2.29. The van der Waals surface area contributed by atoms with Crippen LogP contribution in [0.15, 0.2) is 83.8 Å². The molecule has 0 unspecified atom stereocenters. The van der Waals surface area contributed by atoms with Gasteiger partial charge in [0.15, 0.2) is 0 Å². The number of benzene rings is 3. The number of nitrogens with one attached hydrogen (secondary N) is 1. The summed E-state index contributed by atoms with van der Waals surface area (Å²) in [7, 11) is -4.01. The van der Waals surface area contributed by atoms with Gasteiger partial charge in [-0.15, -0.1) is 0 Å². The van der Waals surface area contributed by atoms with Crippen LogP contribution in [0.5, 0.6) is 11.5 Å². The second-order valence-corrected chi connectivity index (χ2v) is 8.94. The summed E-state index contributed by atoms with van der Waals surface area (Å²) in [5, 5.41) is 2.80. The molecule has 0 aliphatic rings. The van der Waals surface area contributed by atoms with Gasteiger partial charge in [0.1, 0.15) is 18.0 Å². The first kappa shape index (κ1) is 24.1. The molecule has 0 aromatic heterocycles. The first-order valence-electron chi connectivity index (χ1n) is 10.7. The van der Waals surface area contributed by atoms with Crippen molar-refractivity contribution in [3.63, 3.8) is 0 Å². The molecule has 0 aliphatic heterocycles. The van der Waals surface area contributed by atoms with Gasteiger partial charge >= 0.3 is 0 Å². The lowest BCUT2D eigenvalue weighted by molar-refractivity contribution is -0.119. The van der Waals surface area contributed by atoms with E-state index in [1.807, 2.05) is 38.1 Å². The Morgan fingerprint density at radius 3 is 2.15 bits per heavy atom. The molecule has 174 valence electrons. The number of carbonyl (C=O) groups excluding carboxylic acids is 1. The number of carbonyl (C=O) groups is 1. The third kappa shape index (κ3) is 6.26. The average Bonchev–Trinajstić information content (AvgIpc) is 2.83. The Balaban J connectivity index is 1.83. The quantitative estimate of drug-likeness (QED) is 0.460. The summed E-state index contributed by atoms with van der Waals surface area (Å²) >= 11 is 0. The van der Waals surface area contributed by atoms with Gasteiger partial charge in [0.05, 0.1) is 23.8 Å². The van der Waals surface area contributed by atoms with Crippen molar-refractivity contribution in [1.29, 1.82) is 0 Å². The van der Waals surface area contributed by atoms with Crippen LogP contribution in [0.3, 0.4) is 0 Å². The number of para-hydroxylation sites is 2. The molecule has 0 radical (unpaired) electrons. The molecular formula is C25H28N2O5S. The van der Waals surface area contributed by atoms with Crippen LogP contribution in [0.4, 0.5) is 5.69 Å². The first-order chi connectivity index (χ1) is 16.0. The molecule has 3 aromatic rings. The number of hydrogen-bond acceptors (Lipinski definition) is 5. The van der Waals surface area contributed by atoms with Crippen LogP contribution in [-0.4, -0.2) is 34.1 Å². The largest absolute Gasteiger partial charge is 0.494 e. The molecule has 3 rings (SSSR count). The first-order valence-corrected chi connectivity index (χ1v) is 12.2. The van der Waals surface area contributed by atoms with Gasteiger partial charge in [0.25, 0.3) is 10.0 Å². The van der Waals surface area contributed by atoms with Crippen LogP contribution in [0.25, 0.3) is 0 Å². The second kappa shape index (κ2) is 11.4. The van der Waals surface area contributed by atoms with E-state index in [1.54, 1.807) is 42.5 Å². The number of rotatable bonds is 11. The monoisotopic (exact) mass is 468 g/mol. The summed E-state index contributed by atoms with van der Waals surface area (Å²) in [5.41, 5.74) is 1.18. The number of nitrogens with zero attached hydrogens (tertiary/aromatic N) is 1. The molecule has 1 amide bonds. The van der Waals surface area contributed by atoms with Crippen molar-refractivity contribution in [2.75, 3.05) is 24.1 Å². The molecule has 0 aliphatic carbocycles. The Morgan fingerprint density at radius 1 is 0.848 bits per heavy atom. The minimum atomic E-state index is -4.01. The normalized spacial score (nSPS) is 11.0. The lowest BCUT2D eigenvalue weighted by Crippen LogP contribution is -2.40. The Bertz CT molecular complexity index is 1150. The van der Waals surface area contributed by atoms with E-state index in [9.17, 15) is 13.2 Å². The zero-order valence-electron chi connectivity index (χ0n) is 18.7. The fraction of sp³-hybridized carbons (Fsp3) is 0.240. The third-order valence-electron chi connectivity index (χ3n) is 4.78. The Kier molecular flexibility index (Phi) is 8.32. The zero-order chi connectivity index (χ0) is 23.7. The Hall–Kier alpha value is -3.52. The van der Waals surface area contributed by atoms with Gasteiger partial charge < -0.3 is 14.8 Å². The molecule has 1 N–H and O–H groups in total. The zero-order valence-corrected chi connectivity index (χ0v) is 19.5. The Labute approximate surface area is 195 Å². The van der Waals surface area contributed by atoms with E-state index in [0.717, 1.165) is 15.6 Å². The van der Waals surface area contributed by atoms with Gasteiger partial charge in [0, 0.05) is 6.54 Å². The molecule has 0 saturated heterocycles. The summed E-state index contributed by atoms with van der Waals surface area (Å²) in [5.74, 6) is 0.703. The summed E-state index contributed by atoms with van der Waals surface area (Å²) < 4.78 is 39.1. The minimum Gasteiger partial charge on any atom is -0.494 e. The SMILES string of the molecule is CCOc1ccc(CNC(=O)CN(c2ccccc2OCC)S(=O)(=O)c2ccccc2)cc1. The van der Waals surface area contributed by atoms with Crippen LogP contribution >= 0.6 is 0 Å². The molecule has 0 saturated carbocycles. The molecule has 0 spiro atoms. The van der Waals surface area contributed by atoms with E-state index < -0.39 is 22.5 Å². The topological polar surface area (TPSA) is 84.9 Å². The van der Waals surface area contributed by atoms with Crippen LogP contribution in [0, 0.1) is 0 Å². The maximum Gasteiger partial charge on any atom is 0.264 e. The highest BCUT2D eigenvalue weighted by atomic mass is 32.2. The van der Waals surface area contributed by atoms with Crippen molar-refractivity contribution in [1.82, 2.24) is 5.32 Å². The number of hydrogen-bond donors (Lipinski definition) is 1. The van der Waals surface area contributed by atoms with E-state index in [2.05, 4.69) is 5.32 Å². The number of anilines is 1. The lowest BCUT2D eigenvalue weighted by Gasteiger charge is -2.26. The molecule has 0 fully saturated rings. The predicted molar refractivity (Wildman–Crippen MR) is 128 cm³/mol. The summed E-state index contributed by atoms with van der Waals surface area (Å²) in [6, 6.07) is 22.2. The van der Waals surface area contributed by atoms with Crippen LogP contribution < -0.4 is 19.1 Å². The molecular weight excluding hydrogens is 440 g/mol. The second-order valence-electron chi connectivity index (χ2n) is 7.08. The highest BCUT2D eigenvalue weighted by Crippen LogP contribution is 2.32. The van der Waals surface area contributed by atoms with Gasteiger partial charge in [-0.05, 0) is 55.8 Å². The van der Waals surface area contributed by atoms with Crippen LogP contribution in [0.2, 0.25) is 0 Å². The predicted octanol–water partition coefficient (Wildman–Crippen LogP) is 4.00. The minimum absolute atomic E-state index is 0.0932. The van der Waals surface area contributed by atoms with Gasteiger partial charge in [-0.2, -0.15) is 0 Å². The third-order valence-corrected chi connectivity index (χ3v) is 6.55. The molecule has 3 aromatic carbocycles. The average molecular weight is 469 g/mol. The summed E-state index contributed by atoms with van der Waals surface area (Å²) in [6.45, 7) is 4.53. The van der Waals surface area contributed by atoms with Crippen molar-refractivity contribution < 1.29 is 22.7 Å². The lowest BCUT2D eigenvalue weighted by atomic mass is 10.2. The fourth-order valence-electron chi connectivity index (χ4n) is 3.22. The van der Waals surface area contributed by atoms with Crippen molar-refractivity contribution in [3.05, 3.63) is 84.4 Å². The number of sulfonamides is 1. The van der Waals surface area contributed by atoms with Crippen molar-refractivity contribution in [3.8, 4) is 11.5 Å². The number of ether oxygens (including phenoxy) is 2. The highest BCUT2D eigenvalue weighted by molar-refractivity contribution is 7.92.